The first kappa shape index (κ1) is 23.1. The van der Waals surface area contributed by atoms with Crippen LogP contribution in [0.2, 0.25) is 0 Å². The van der Waals surface area contributed by atoms with Crippen molar-refractivity contribution in [2.24, 2.45) is 0 Å². The zero-order chi connectivity index (χ0) is 23.1. The van der Waals surface area contributed by atoms with Gasteiger partial charge in [-0.3, -0.25) is 4.90 Å². The lowest BCUT2D eigenvalue weighted by atomic mass is 9.95. The normalized spacial score (nSPS) is 15.8. The number of hydrogen-bond donors (Lipinski definition) is 2. The molecule has 32 heavy (non-hydrogen) atoms. The summed E-state index contributed by atoms with van der Waals surface area (Å²) in [4.78, 5) is 27.3. The molecular formula is C24H29N3O5. The molecule has 1 atom stereocenters. The number of esters is 1. The molecular weight excluding hydrogens is 410 g/mol. The third-order valence-corrected chi connectivity index (χ3v) is 5.11. The van der Waals surface area contributed by atoms with E-state index in [0.717, 1.165) is 11.1 Å². The summed E-state index contributed by atoms with van der Waals surface area (Å²) < 4.78 is 16.0. The monoisotopic (exact) mass is 439 g/mol. The number of carbonyl (C=O) groups is 2. The van der Waals surface area contributed by atoms with Crippen molar-refractivity contribution in [3.63, 3.8) is 0 Å². The van der Waals surface area contributed by atoms with Crippen LogP contribution < -0.4 is 20.1 Å². The summed E-state index contributed by atoms with van der Waals surface area (Å²) in [6.45, 7) is 2.92. The van der Waals surface area contributed by atoms with Crippen LogP contribution in [0.4, 0.5) is 4.79 Å². The number of urea groups is 1. The fourth-order valence-corrected chi connectivity index (χ4v) is 3.70. The summed E-state index contributed by atoms with van der Waals surface area (Å²) in [5.74, 6) is 0.843. The van der Waals surface area contributed by atoms with Gasteiger partial charge in [-0.15, -0.1) is 0 Å². The lowest BCUT2D eigenvalue weighted by molar-refractivity contribution is -0.139. The minimum absolute atomic E-state index is 0.243. The van der Waals surface area contributed by atoms with Crippen molar-refractivity contribution in [1.82, 2.24) is 15.5 Å². The molecule has 2 amide bonds. The fraction of sp³-hybridized carbons (Fsp3) is 0.333. The van der Waals surface area contributed by atoms with Gasteiger partial charge in [-0.1, -0.05) is 36.4 Å². The SMILES string of the molecule is CCOC(=O)C1=C(CN(C)Cc2ccc(OC)c(OC)c2)NC(=O)N[C@H]1c1ccccc1. The summed E-state index contributed by atoms with van der Waals surface area (Å²) in [7, 11) is 5.10. The van der Waals surface area contributed by atoms with Crippen LogP contribution in [0.15, 0.2) is 59.8 Å². The Morgan fingerprint density at radius 1 is 1.03 bits per heavy atom. The van der Waals surface area contributed by atoms with Crippen LogP contribution in [-0.2, 0) is 16.1 Å². The summed E-state index contributed by atoms with van der Waals surface area (Å²) >= 11 is 0. The van der Waals surface area contributed by atoms with Gasteiger partial charge in [0.25, 0.3) is 0 Å². The molecule has 2 N–H and O–H groups in total. The second kappa shape index (κ2) is 10.7. The van der Waals surface area contributed by atoms with E-state index in [4.69, 9.17) is 14.2 Å². The Morgan fingerprint density at radius 3 is 2.41 bits per heavy atom. The molecule has 170 valence electrons. The number of nitrogens with one attached hydrogen (secondary N) is 2. The summed E-state index contributed by atoms with van der Waals surface area (Å²) in [6, 6.07) is 14.1. The summed E-state index contributed by atoms with van der Waals surface area (Å²) in [6.07, 6.45) is 0. The van der Waals surface area contributed by atoms with E-state index in [9.17, 15) is 9.59 Å². The van der Waals surface area contributed by atoms with Crippen molar-refractivity contribution in [1.29, 1.82) is 0 Å². The van der Waals surface area contributed by atoms with E-state index in [0.29, 0.717) is 35.9 Å². The second-order valence-electron chi connectivity index (χ2n) is 7.42. The third kappa shape index (κ3) is 5.39. The molecule has 3 rings (SSSR count). The highest BCUT2D eigenvalue weighted by atomic mass is 16.5. The third-order valence-electron chi connectivity index (χ3n) is 5.11. The number of likely N-dealkylation sites (N-methyl/N-ethyl adjacent to an activating group) is 1. The van der Waals surface area contributed by atoms with E-state index in [2.05, 4.69) is 10.6 Å². The minimum atomic E-state index is -0.589. The van der Waals surface area contributed by atoms with Crippen molar-refractivity contribution in [3.05, 3.63) is 70.9 Å². The molecule has 1 aliphatic rings. The molecule has 0 fully saturated rings. The van der Waals surface area contributed by atoms with Gasteiger partial charge >= 0.3 is 12.0 Å². The van der Waals surface area contributed by atoms with Gasteiger partial charge in [0.05, 0.1) is 32.4 Å². The maximum atomic E-state index is 12.9. The quantitative estimate of drug-likeness (QED) is 0.584. The van der Waals surface area contributed by atoms with Gasteiger partial charge in [0.1, 0.15) is 0 Å². The number of carbonyl (C=O) groups excluding carboxylic acids is 2. The highest BCUT2D eigenvalue weighted by molar-refractivity contribution is 5.95. The maximum absolute atomic E-state index is 12.9. The van der Waals surface area contributed by atoms with Crippen LogP contribution in [0.5, 0.6) is 11.5 Å². The number of hydrogen-bond acceptors (Lipinski definition) is 6. The van der Waals surface area contributed by atoms with Crippen LogP contribution in [-0.4, -0.2) is 51.3 Å². The molecule has 0 saturated heterocycles. The van der Waals surface area contributed by atoms with E-state index in [-0.39, 0.29) is 12.6 Å². The van der Waals surface area contributed by atoms with Crippen molar-refractivity contribution < 1.29 is 23.8 Å². The van der Waals surface area contributed by atoms with Gasteiger partial charge in [0.15, 0.2) is 11.5 Å². The Balaban J connectivity index is 1.89. The smallest absolute Gasteiger partial charge is 0.338 e. The number of benzene rings is 2. The van der Waals surface area contributed by atoms with Crippen LogP contribution >= 0.6 is 0 Å². The number of nitrogens with zero attached hydrogens (tertiary/aromatic N) is 1. The molecule has 1 heterocycles. The maximum Gasteiger partial charge on any atom is 0.338 e. The van der Waals surface area contributed by atoms with E-state index < -0.39 is 12.0 Å². The van der Waals surface area contributed by atoms with Crippen LogP contribution in [0.3, 0.4) is 0 Å². The fourth-order valence-electron chi connectivity index (χ4n) is 3.70. The standard InChI is InChI=1S/C24H29N3O5/c1-5-32-23(28)21-18(25-24(29)26-22(21)17-9-7-6-8-10-17)15-27(2)14-16-11-12-19(30-3)20(13-16)31-4/h6-13,22H,5,14-15H2,1-4H3,(H2,25,26,29)/t22-/m0/s1. The minimum Gasteiger partial charge on any atom is -0.493 e. The molecule has 0 unspecified atom stereocenters. The highest BCUT2D eigenvalue weighted by Crippen LogP contribution is 2.30. The molecule has 0 aliphatic carbocycles. The first-order chi connectivity index (χ1) is 15.5. The predicted octanol–water partition coefficient (Wildman–Crippen LogP) is 3.01. The number of methoxy groups -OCH3 is 2. The van der Waals surface area contributed by atoms with Gasteiger partial charge in [0.2, 0.25) is 0 Å². The Kier molecular flexibility index (Phi) is 7.72. The Labute approximate surface area is 188 Å². The number of ether oxygens (including phenoxy) is 3. The largest absolute Gasteiger partial charge is 0.493 e. The molecule has 8 heteroatoms. The Morgan fingerprint density at radius 2 is 1.75 bits per heavy atom. The summed E-state index contributed by atoms with van der Waals surface area (Å²) in [5.41, 5.74) is 2.73. The van der Waals surface area contributed by atoms with Gasteiger partial charge < -0.3 is 24.8 Å². The number of rotatable bonds is 9. The lowest BCUT2D eigenvalue weighted by Crippen LogP contribution is -2.48. The van der Waals surface area contributed by atoms with Crippen molar-refractivity contribution in [2.75, 3.05) is 34.4 Å². The second-order valence-corrected chi connectivity index (χ2v) is 7.42. The predicted molar refractivity (Wildman–Crippen MR) is 120 cm³/mol. The molecule has 1 aliphatic heterocycles. The average molecular weight is 440 g/mol. The van der Waals surface area contributed by atoms with Crippen LogP contribution in [0, 0.1) is 0 Å². The first-order valence-corrected chi connectivity index (χ1v) is 10.4. The van der Waals surface area contributed by atoms with Gasteiger partial charge in [-0.25, -0.2) is 9.59 Å². The molecule has 0 aromatic heterocycles. The van der Waals surface area contributed by atoms with Gasteiger partial charge in [-0.05, 0) is 37.2 Å². The molecule has 0 bridgehead atoms. The zero-order valence-electron chi connectivity index (χ0n) is 18.8. The Hall–Kier alpha value is -3.52. The molecule has 2 aromatic rings. The lowest BCUT2D eigenvalue weighted by Gasteiger charge is -2.31. The average Bonchev–Trinajstić information content (AvgIpc) is 2.79. The van der Waals surface area contributed by atoms with E-state index in [1.807, 2.05) is 60.5 Å². The van der Waals surface area contributed by atoms with Gasteiger partial charge in [0, 0.05) is 18.8 Å². The molecule has 8 nitrogen and oxygen atoms in total. The molecule has 0 saturated carbocycles. The molecule has 0 spiro atoms. The van der Waals surface area contributed by atoms with Crippen molar-refractivity contribution >= 4 is 12.0 Å². The topological polar surface area (TPSA) is 89.1 Å². The van der Waals surface area contributed by atoms with E-state index in [1.54, 1.807) is 21.1 Å². The van der Waals surface area contributed by atoms with Crippen molar-refractivity contribution in [3.8, 4) is 11.5 Å². The molecule has 2 aromatic carbocycles. The van der Waals surface area contributed by atoms with Crippen LogP contribution in [0.25, 0.3) is 0 Å². The first-order valence-electron chi connectivity index (χ1n) is 10.4. The highest BCUT2D eigenvalue weighted by Gasteiger charge is 2.33. The van der Waals surface area contributed by atoms with E-state index in [1.165, 1.54) is 0 Å². The number of amides is 2. The summed E-state index contributed by atoms with van der Waals surface area (Å²) in [5, 5.41) is 5.65. The van der Waals surface area contributed by atoms with Crippen LogP contribution in [0.1, 0.15) is 24.1 Å². The molecule has 0 radical (unpaired) electrons. The zero-order valence-corrected chi connectivity index (χ0v) is 18.8. The van der Waals surface area contributed by atoms with Gasteiger partial charge in [-0.2, -0.15) is 0 Å². The van der Waals surface area contributed by atoms with Crippen molar-refractivity contribution in [2.45, 2.75) is 19.5 Å². The Bertz CT molecular complexity index is 990. The van der Waals surface area contributed by atoms with E-state index >= 15 is 0 Å².